The fraction of sp³-hybridized carbons (Fsp3) is 0.618. The Bertz CT molecular complexity index is 1160. The van der Waals surface area contributed by atoms with Crippen molar-refractivity contribution in [2.24, 2.45) is 16.8 Å². The normalized spacial score (nSPS) is 20.6. The van der Waals surface area contributed by atoms with Gasteiger partial charge in [0.1, 0.15) is 0 Å². The van der Waals surface area contributed by atoms with Crippen molar-refractivity contribution in [1.29, 1.82) is 0 Å². The molecule has 239 valence electrons. The molecule has 0 aromatic heterocycles. The molecule has 2 heterocycles. The van der Waals surface area contributed by atoms with Gasteiger partial charge in [-0.15, -0.1) is 0 Å². The van der Waals surface area contributed by atoms with Crippen molar-refractivity contribution >= 4 is 14.1 Å². The van der Waals surface area contributed by atoms with E-state index in [4.69, 9.17) is 0 Å². The van der Waals surface area contributed by atoms with Gasteiger partial charge in [0.15, 0.2) is 0 Å². The molecule has 10 heteroatoms. The van der Waals surface area contributed by atoms with Gasteiger partial charge in [-0.2, -0.15) is 0 Å². The molecule has 0 saturated carbocycles. The Kier molecular flexibility index (Phi) is 17.4. The average Bonchev–Trinajstić information content (AvgIpc) is 2.96. The zero-order chi connectivity index (χ0) is 30.9. The van der Waals surface area contributed by atoms with Crippen LogP contribution in [0.4, 0.5) is 17.6 Å². The van der Waals surface area contributed by atoms with Crippen LogP contribution < -0.4 is 34.9 Å². The average molecular weight is 626 g/mol. The Labute approximate surface area is 288 Å². The Morgan fingerprint density at radius 3 is 1.89 bits per heavy atom. The Morgan fingerprint density at radius 2 is 1.39 bits per heavy atom. The SMILES string of the molecule is C[C@H]1CCC(c2cccc(C(F)(F)CCN(C)C)c2)=NC1.C[C@H]1CC[C@H](c2cccc(C(F)(F)CCN(C)C)c2)NC1.[B].[H-].[Na+]. The maximum absolute atomic E-state index is 14.3. The van der Waals surface area contributed by atoms with Gasteiger partial charge in [-0.1, -0.05) is 50.2 Å². The molecule has 0 aliphatic carbocycles. The van der Waals surface area contributed by atoms with Crippen LogP contribution in [0.3, 0.4) is 0 Å². The first-order chi connectivity index (χ1) is 19.8. The Morgan fingerprint density at radius 1 is 0.818 bits per heavy atom. The van der Waals surface area contributed by atoms with Crippen LogP contribution in [-0.2, 0) is 11.8 Å². The van der Waals surface area contributed by atoms with Crippen LogP contribution in [0.25, 0.3) is 0 Å². The van der Waals surface area contributed by atoms with Crippen LogP contribution in [0, 0.1) is 11.8 Å². The van der Waals surface area contributed by atoms with Gasteiger partial charge >= 0.3 is 29.6 Å². The van der Waals surface area contributed by atoms with Crippen molar-refractivity contribution in [2.75, 3.05) is 54.4 Å². The molecule has 1 N–H and O–H groups in total. The van der Waals surface area contributed by atoms with E-state index in [1.165, 1.54) is 6.07 Å². The first kappa shape index (κ1) is 40.8. The molecule has 0 unspecified atom stereocenters. The smallest absolute Gasteiger partial charge is 1.00 e. The summed E-state index contributed by atoms with van der Waals surface area (Å²) in [6, 6.07) is 13.9. The first-order valence-corrected chi connectivity index (χ1v) is 15.3. The number of nitrogens with one attached hydrogen (secondary N) is 1. The Hall–Kier alpha value is -1.23. The summed E-state index contributed by atoms with van der Waals surface area (Å²) in [6.45, 7) is 6.91. The summed E-state index contributed by atoms with van der Waals surface area (Å²) in [6.07, 6.45) is 3.84. The van der Waals surface area contributed by atoms with Crippen molar-refractivity contribution < 1.29 is 48.5 Å². The monoisotopic (exact) mass is 625 g/mol. The van der Waals surface area contributed by atoms with Crippen LogP contribution in [0.15, 0.2) is 53.5 Å². The fourth-order valence-electron chi connectivity index (χ4n) is 5.26. The number of rotatable bonds is 10. The van der Waals surface area contributed by atoms with Crippen molar-refractivity contribution in [2.45, 2.75) is 70.3 Å². The molecule has 44 heavy (non-hydrogen) atoms. The van der Waals surface area contributed by atoms with E-state index < -0.39 is 11.8 Å². The minimum absolute atomic E-state index is 0. The van der Waals surface area contributed by atoms with Crippen LogP contribution in [-0.4, -0.2) is 78.3 Å². The quantitative estimate of drug-likeness (QED) is 0.313. The van der Waals surface area contributed by atoms with Gasteiger partial charge in [0.05, 0.1) is 0 Å². The predicted octanol–water partition coefficient (Wildman–Crippen LogP) is 4.48. The van der Waals surface area contributed by atoms with Crippen molar-refractivity contribution in [1.82, 2.24) is 15.1 Å². The van der Waals surface area contributed by atoms with E-state index in [0.29, 0.717) is 24.9 Å². The van der Waals surface area contributed by atoms with E-state index in [1.807, 2.05) is 40.3 Å². The van der Waals surface area contributed by atoms with E-state index in [-0.39, 0.29) is 69.4 Å². The maximum atomic E-state index is 14.3. The second-order valence-electron chi connectivity index (χ2n) is 12.8. The van der Waals surface area contributed by atoms with Gasteiger partial charge in [-0.3, -0.25) is 4.99 Å². The zero-order valence-electron chi connectivity index (χ0n) is 28.9. The second kappa shape index (κ2) is 18.8. The third-order valence-electron chi connectivity index (χ3n) is 8.20. The van der Waals surface area contributed by atoms with Gasteiger partial charge in [-0.25, -0.2) is 17.6 Å². The van der Waals surface area contributed by atoms with Gasteiger partial charge in [-0.05, 0) is 95.5 Å². The molecule has 2 aromatic rings. The summed E-state index contributed by atoms with van der Waals surface area (Å²) in [5, 5.41) is 3.46. The number of aliphatic imine (C=N–C) groups is 1. The molecule has 2 aliphatic heterocycles. The molecule has 0 bridgehead atoms. The molecule has 0 spiro atoms. The topological polar surface area (TPSA) is 30.9 Å². The molecule has 4 nitrogen and oxygen atoms in total. The van der Waals surface area contributed by atoms with Crippen molar-refractivity contribution in [3.63, 3.8) is 0 Å². The molecule has 0 amide bonds. The number of alkyl halides is 4. The number of halogens is 4. The van der Waals surface area contributed by atoms with Crippen LogP contribution >= 0.6 is 0 Å². The van der Waals surface area contributed by atoms with Crippen LogP contribution in [0.1, 0.15) is 82.1 Å². The summed E-state index contributed by atoms with van der Waals surface area (Å²) in [7, 11) is 7.26. The third kappa shape index (κ3) is 12.9. The van der Waals surface area contributed by atoms with Gasteiger partial charge in [0.25, 0.3) is 11.8 Å². The largest absolute Gasteiger partial charge is 1.00 e. The van der Waals surface area contributed by atoms with E-state index in [1.54, 1.807) is 40.1 Å². The van der Waals surface area contributed by atoms with Crippen molar-refractivity contribution in [3.05, 3.63) is 70.8 Å². The summed E-state index contributed by atoms with van der Waals surface area (Å²) < 4.78 is 57.1. The van der Waals surface area contributed by atoms with Gasteiger partial charge < -0.3 is 16.5 Å². The summed E-state index contributed by atoms with van der Waals surface area (Å²) in [4.78, 5) is 8.12. The molecule has 2 aromatic carbocycles. The summed E-state index contributed by atoms with van der Waals surface area (Å²) in [5.41, 5.74) is 3.05. The fourth-order valence-corrected chi connectivity index (χ4v) is 5.26. The molecular formula is C34H51BF4N4Na. The molecule has 1 saturated heterocycles. The maximum Gasteiger partial charge on any atom is 1.00 e. The minimum atomic E-state index is -2.79. The molecule has 3 radical (unpaired) electrons. The molecule has 2 aliphatic rings. The number of benzene rings is 2. The molecule has 4 rings (SSSR count). The minimum Gasteiger partial charge on any atom is -1.00 e. The Balaban J connectivity index is 0.000000807. The van der Waals surface area contributed by atoms with Gasteiger partial charge in [0.2, 0.25) is 0 Å². The number of hydrogen-bond donors (Lipinski definition) is 1. The van der Waals surface area contributed by atoms with E-state index in [9.17, 15) is 17.6 Å². The van der Waals surface area contributed by atoms with E-state index in [2.05, 4.69) is 24.2 Å². The molecular weight excluding hydrogens is 574 g/mol. The van der Waals surface area contributed by atoms with Crippen LogP contribution in [0.2, 0.25) is 0 Å². The van der Waals surface area contributed by atoms with E-state index >= 15 is 0 Å². The molecule has 1 fully saturated rings. The summed E-state index contributed by atoms with van der Waals surface area (Å²) in [5.74, 6) is -4.28. The first-order valence-electron chi connectivity index (χ1n) is 15.3. The standard InChI is InChI=1S/C17H26F2N2.C17H24F2N2.B.Na.H/c2*1-13-7-8-16(20-12-13)14-5-4-6-15(11-14)17(18,19)9-10-21(2)3;;;/h4-6,11,13,16,20H,7-10,12H2,1-3H3;4-6,11,13H,7-10,12H2,1-3H3;;;/q;;;+1;-1/t13-,16+;13-;;;/m00.../s1. The predicted molar refractivity (Wildman–Crippen MR) is 173 cm³/mol. The van der Waals surface area contributed by atoms with Gasteiger partial charge in [0, 0.05) is 63.8 Å². The number of nitrogens with zero attached hydrogens (tertiary/aromatic N) is 3. The van der Waals surface area contributed by atoms with E-state index in [0.717, 1.165) is 55.6 Å². The third-order valence-corrected chi connectivity index (χ3v) is 8.20. The zero-order valence-corrected chi connectivity index (χ0v) is 29.9. The number of hydrogen-bond acceptors (Lipinski definition) is 4. The van der Waals surface area contributed by atoms with Crippen molar-refractivity contribution in [3.8, 4) is 0 Å². The summed E-state index contributed by atoms with van der Waals surface area (Å²) >= 11 is 0. The second-order valence-corrected chi connectivity index (χ2v) is 12.8. The molecule has 3 atom stereocenters. The van der Waals surface area contributed by atoms with Crippen LogP contribution in [0.5, 0.6) is 0 Å². The number of piperidine rings is 1.